The van der Waals surface area contributed by atoms with Gasteiger partial charge in [0, 0.05) is 13.2 Å². The molecule has 2 rings (SSSR count). The molecule has 0 amide bonds. The van der Waals surface area contributed by atoms with Crippen molar-refractivity contribution in [2.24, 2.45) is 7.05 Å². The molecule has 1 unspecified atom stereocenters. The zero-order valence-corrected chi connectivity index (χ0v) is 9.79. The van der Waals surface area contributed by atoms with Crippen LogP contribution in [0.15, 0.2) is 29.1 Å². The SMILES string of the molecule is CCNC(c1ccsc1)c1ccnn1C. The summed E-state index contributed by atoms with van der Waals surface area (Å²) in [5.41, 5.74) is 2.51. The minimum Gasteiger partial charge on any atom is -0.305 e. The second-order valence-electron chi connectivity index (χ2n) is 3.43. The molecule has 3 nitrogen and oxygen atoms in total. The van der Waals surface area contributed by atoms with E-state index in [-0.39, 0.29) is 6.04 Å². The van der Waals surface area contributed by atoms with Gasteiger partial charge in [0.2, 0.25) is 0 Å². The highest BCUT2D eigenvalue weighted by molar-refractivity contribution is 7.08. The Morgan fingerprint density at radius 1 is 1.53 bits per heavy atom. The first-order valence-electron chi connectivity index (χ1n) is 5.06. The van der Waals surface area contributed by atoms with E-state index in [1.165, 1.54) is 11.3 Å². The first-order valence-corrected chi connectivity index (χ1v) is 6.00. The second-order valence-corrected chi connectivity index (χ2v) is 4.21. The first kappa shape index (κ1) is 10.4. The summed E-state index contributed by atoms with van der Waals surface area (Å²) >= 11 is 1.73. The molecule has 2 aromatic heterocycles. The molecule has 15 heavy (non-hydrogen) atoms. The molecular formula is C11H15N3S. The molecule has 0 saturated heterocycles. The summed E-state index contributed by atoms with van der Waals surface area (Å²) in [7, 11) is 1.98. The topological polar surface area (TPSA) is 29.9 Å². The fourth-order valence-electron chi connectivity index (χ4n) is 1.70. The van der Waals surface area contributed by atoms with Crippen LogP contribution in [0.4, 0.5) is 0 Å². The van der Waals surface area contributed by atoms with E-state index in [1.807, 2.05) is 17.9 Å². The lowest BCUT2D eigenvalue weighted by atomic mass is 10.1. The Balaban J connectivity index is 2.32. The van der Waals surface area contributed by atoms with E-state index in [0.717, 1.165) is 6.54 Å². The number of thiophene rings is 1. The molecule has 0 radical (unpaired) electrons. The fraction of sp³-hybridized carbons (Fsp3) is 0.364. The number of aryl methyl sites for hydroxylation is 1. The van der Waals surface area contributed by atoms with Crippen LogP contribution in [0.3, 0.4) is 0 Å². The number of nitrogens with zero attached hydrogens (tertiary/aromatic N) is 2. The third-order valence-electron chi connectivity index (χ3n) is 2.44. The monoisotopic (exact) mass is 221 g/mol. The first-order chi connectivity index (χ1) is 7.33. The smallest absolute Gasteiger partial charge is 0.0756 e. The predicted octanol–water partition coefficient (Wildman–Crippen LogP) is 2.18. The van der Waals surface area contributed by atoms with Crippen LogP contribution in [0.5, 0.6) is 0 Å². The summed E-state index contributed by atoms with van der Waals surface area (Å²) in [6.45, 7) is 3.07. The van der Waals surface area contributed by atoms with Crippen LogP contribution in [0, 0.1) is 0 Å². The third-order valence-corrected chi connectivity index (χ3v) is 3.14. The van der Waals surface area contributed by atoms with Crippen molar-refractivity contribution in [2.45, 2.75) is 13.0 Å². The van der Waals surface area contributed by atoms with Crippen LogP contribution in [-0.2, 0) is 7.05 Å². The lowest BCUT2D eigenvalue weighted by molar-refractivity contribution is 0.574. The van der Waals surface area contributed by atoms with Crippen LogP contribution >= 0.6 is 11.3 Å². The van der Waals surface area contributed by atoms with E-state index < -0.39 is 0 Å². The quantitative estimate of drug-likeness (QED) is 0.857. The summed E-state index contributed by atoms with van der Waals surface area (Å²) in [6, 6.07) is 4.48. The highest BCUT2D eigenvalue weighted by atomic mass is 32.1. The summed E-state index contributed by atoms with van der Waals surface area (Å²) in [5, 5.41) is 12.0. The molecule has 2 aromatic rings. The Hall–Kier alpha value is -1.13. The van der Waals surface area contributed by atoms with Gasteiger partial charge in [-0.1, -0.05) is 6.92 Å². The normalized spacial score (nSPS) is 12.9. The van der Waals surface area contributed by atoms with E-state index in [1.54, 1.807) is 11.3 Å². The van der Waals surface area contributed by atoms with Gasteiger partial charge in [0.15, 0.2) is 0 Å². The van der Waals surface area contributed by atoms with Gasteiger partial charge in [0.1, 0.15) is 0 Å². The number of rotatable bonds is 4. The molecule has 0 aliphatic rings. The van der Waals surface area contributed by atoms with E-state index in [4.69, 9.17) is 0 Å². The van der Waals surface area contributed by atoms with E-state index in [0.29, 0.717) is 0 Å². The Kier molecular flexibility index (Phi) is 3.18. The maximum absolute atomic E-state index is 4.21. The van der Waals surface area contributed by atoms with Gasteiger partial charge < -0.3 is 5.32 Å². The summed E-state index contributed by atoms with van der Waals surface area (Å²) < 4.78 is 1.92. The standard InChI is InChI=1S/C11H15N3S/c1-3-12-11(9-5-7-15-8-9)10-4-6-13-14(10)2/h4-8,11-12H,3H2,1-2H3. The number of hydrogen-bond donors (Lipinski definition) is 1. The number of aromatic nitrogens is 2. The van der Waals surface area contributed by atoms with E-state index in [2.05, 4.69) is 40.2 Å². The van der Waals surface area contributed by atoms with Gasteiger partial charge in [-0.2, -0.15) is 16.4 Å². The average Bonchev–Trinajstić information content (AvgIpc) is 2.85. The largest absolute Gasteiger partial charge is 0.305 e. The van der Waals surface area contributed by atoms with Gasteiger partial charge in [-0.3, -0.25) is 4.68 Å². The second kappa shape index (κ2) is 4.59. The molecule has 1 N–H and O–H groups in total. The molecule has 0 fully saturated rings. The van der Waals surface area contributed by atoms with Crippen molar-refractivity contribution in [1.29, 1.82) is 0 Å². The Bertz CT molecular complexity index is 405. The minimum atomic E-state index is 0.258. The molecule has 0 bridgehead atoms. The molecule has 0 aromatic carbocycles. The van der Waals surface area contributed by atoms with Crippen LogP contribution in [0.1, 0.15) is 24.2 Å². The number of hydrogen-bond acceptors (Lipinski definition) is 3. The van der Waals surface area contributed by atoms with Crippen molar-refractivity contribution in [1.82, 2.24) is 15.1 Å². The zero-order chi connectivity index (χ0) is 10.7. The average molecular weight is 221 g/mol. The molecule has 4 heteroatoms. The van der Waals surface area contributed by atoms with Crippen LogP contribution in [0.2, 0.25) is 0 Å². The summed E-state index contributed by atoms with van der Waals surface area (Å²) in [5.74, 6) is 0. The number of nitrogens with one attached hydrogen (secondary N) is 1. The van der Waals surface area contributed by atoms with Gasteiger partial charge in [0.05, 0.1) is 11.7 Å². The lowest BCUT2D eigenvalue weighted by Crippen LogP contribution is -2.23. The van der Waals surface area contributed by atoms with Crippen molar-refractivity contribution in [3.63, 3.8) is 0 Å². The lowest BCUT2D eigenvalue weighted by Gasteiger charge is -2.16. The van der Waals surface area contributed by atoms with E-state index >= 15 is 0 Å². The van der Waals surface area contributed by atoms with Gasteiger partial charge in [0.25, 0.3) is 0 Å². The van der Waals surface area contributed by atoms with Gasteiger partial charge in [-0.25, -0.2) is 0 Å². The van der Waals surface area contributed by atoms with E-state index in [9.17, 15) is 0 Å². The maximum Gasteiger partial charge on any atom is 0.0756 e. The van der Waals surface area contributed by atoms with Crippen molar-refractivity contribution in [3.05, 3.63) is 40.3 Å². The third kappa shape index (κ3) is 2.11. The summed E-state index contributed by atoms with van der Waals surface area (Å²) in [6.07, 6.45) is 1.84. The molecule has 0 aliphatic heterocycles. The highest BCUT2D eigenvalue weighted by Gasteiger charge is 2.15. The highest BCUT2D eigenvalue weighted by Crippen LogP contribution is 2.23. The van der Waals surface area contributed by atoms with Crippen molar-refractivity contribution >= 4 is 11.3 Å². The fourth-order valence-corrected chi connectivity index (χ4v) is 2.39. The molecule has 0 aliphatic carbocycles. The minimum absolute atomic E-state index is 0.258. The zero-order valence-electron chi connectivity index (χ0n) is 8.97. The van der Waals surface area contributed by atoms with Crippen LogP contribution in [0.25, 0.3) is 0 Å². The molecule has 80 valence electrons. The van der Waals surface area contributed by atoms with Crippen molar-refractivity contribution in [3.8, 4) is 0 Å². The van der Waals surface area contributed by atoms with Gasteiger partial charge in [-0.05, 0) is 35.0 Å². The molecule has 1 atom stereocenters. The summed E-state index contributed by atoms with van der Waals surface area (Å²) in [4.78, 5) is 0. The van der Waals surface area contributed by atoms with Crippen LogP contribution in [-0.4, -0.2) is 16.3 Å². The van der Waals surface area contributed by atoms with Crippen molar-refractivity contribution < 1.29 is 0 Å². The molecular weight excluding hydrogens is 206 g/mol. The molecule has 0 saturated carbocycles. The van der Waals surface area contributed by atoms with Crippen LogP contribution < -0.4 is 5.32 Å². The van der Waals surface area contributed by atoms with Gasteiger partial charge >= 0.3 is 0 Å². The molecule has 2 heterocycles. The predicted molar refractivity (Wildman–Crippen MR) is 63.0 cm³/mol. The Morgan fingerprint density at radius 3 is 2.93 bits per heavy atom. The van der Waals surface area contributed by atoms with Crippen molar-refractivity contribution in [2.75, 3.05) is 6.54 Å². The Labute approximate surface area is 93.7 Å². The Morgan fingerprint density at radius 2 is 2.40 bits per heavy atom. The van der Waals surface area contributed by atoms with Gasteiger partial charge in [-0.15, -0.1) is 0 Å². The molecule has 0 spiro atoms. The maximum atomic E-state index is 4.21.